The number of rotatable bonds is 5. The van der Waals surface area contributed by atoms with Crippen LogP contribution in [0.3, 0.4) is 0 Å². The van der Waals surface area contributed by atoms with Gasteiger partial charge in [0.05, 0.1) is 5.60 Å². The van der Waals surface area contributed by atoms with E-state index >= 15 is 0 Å². The Bertz CT molecular complexity index is 382. The van der Waals surface area contributed by atoms with E-state index in [2.05, 4.69) is 64.5 Å². The first kappa shape index (κ1) is 15.4. The molecule has 0 spiro atoms. The highest BCUT2D eigenvalue weighted by Gasteiger charge is 2.19. The van der Waals surface area contributed by atoms with Gasteiger partial charge in [0.1, 0.15) is 0 Å². The van der Waals surface area contributed by atoms with E-state index in [9.17, 15) is 0 Å². The van der Waals surface area contributed by atoms with E-state index < -0.39 is 0 Å². The predicted molar refractivity (Wildman–Crippen MR) is 84.1 cm³/mol. The zero-order chi connectivity index (χ0) is 13.1. The first-order chi connectivity index (χ1) is 7.85. The number of ether oxygens (including phenoxy) is 1. The normalized spacial score (nSPS) is 13.8. The Kier molecular flexibility index (Phi) is 5.89. The van der Waals surface area contributed by atoms with Gasteiger partial charge in [0, 0.05) is 21.2 Å². The Morgan fingerprint density at radius 3 is 2.71 bits per heavy atom. The summed E-state index contributed by atoms with van der Waals surface area (Å²) >= 11 is 5.82. The number of nitrogens with two attached hydrogens (primary N) is 1. The average Bonchev–Trinajstić information content (AvgIpc) is 2.29. The molecular weight excluding hydrogens is 393 g/mol. The van der Waals surface area contributed by atoms with Crippen LogP contribution in [0.5, 0.6) is 0 Å². The number of halogens is 2. The van der Waals surface area contributed by atoms with Crippen molar-refractivity contribution in [1.29, 1.82) is 0 Å². The quantitative estimate of drug-likeness (QED) is 0.734. The Hall–Kier alpha value is 0.350. The van der Waals surface area contributed by atoms with E-state index in [1.165, 1.54) is 9.13 Å². The molecule has 1 atom stereocenters. The zero-order valence-corrected chi connectivity index (χ0v) is 14.2. The van der Waals surface area contributed by atoms with E-state index in [1.54, 1.807) is 7.11 Å². The molecule has 0 aliphatic rings. The van der Waals surface area contributed by atoms with E-state index in [1.807, 2.05) is 6.07 Å². The predicted octanol–water partition coefficient (Wildman–Crippen LogP) is 4.26. The molecular formula is C13H19BrINO. The van der Waals surface area contributed by atoms with Crippen molar-refractivity contribution in [3.05, 3.63) is 31.8 Å². The van der Waals surface area contributed by atoms with Gasteiger partial charge in [-0.25, -0.2) is 0 Å². The van der Waals surface area contributed by atoms with Crippen LogP contribution in [0.1, 0.15) is 38.3 Å². The minimum absolute atomic E-state index is 0.0637. The van der Waals surface area contributed by atoms with E-state index in [0.717, 1.165) is 17.3 Å². The molecule has 0 saturated heterocycles. The Balaban J connectivity index is 2.70. The Morgan fingerprint density at radius 2 is 2.12 bits per heavy atom. The van der Waals surface area contributed by atoms with E-state index in [-0.39, 0.29) is 11.6 Å². The number of hydrogen-bond acceptors (Lipinski definition) is 2. The van der Waals surface area contributed by atoms with Crippen LogP contribution in [0.2, 0.25) is 0 Å². The molecule has 96 valence electrons. The zero-order valence-electron chi connectivity index (χ0n) is 10.5. The summed E-state index contributed by atoms with van der Waals surface area (Å²) in [7, 11) is 1.74. The summed E-state index contributed by atoms with van der Waals surface area (Å²) in [4.78, 5) is 0. The highest BCUT2D eigenvalue weighted by Crippen LogP contribution is 2.28. The lowest BCUT2D eigenvalue weighted by atomic mass is 9.95. The number of methoxy groups -OCH3 is 1. The topological polar surface area (TPSA) is 35.2 Å². The van der Waals surface area contributed by atoms with Gasteiger partial charge in [-0.05, 0) is 73.0 Å². The van der Waals surface area contributed by atoms with Gasteiger partial charge < -0.3 is 10.5 Å². The van der Waals surface area contributed by atoms with Gasteiger partial charge >= 0.3 is 0 Å². The number of hydrogen-bond donors (Lipinski definition) is 1. The van der Waals surface area contributed by atoms with Gasteiger partial charge in [-0.1, -0.05) is 15.9 Å². The standard InChI is InChI=1S/C13H19BrINO/c1-13(2,17-3)7-6-12(16)10-8-9(14)4-5-11(10)15/h4-5,8,12H,6-7,16H2,1-3H3. The highest BCUT2D eigenvalue weighted by molar-refractivity contribution is 14.1. The molecule has 0 aliphatic carbocycles. The molecule has 0 heterocycles. The minimum Gasteiger partial charge on any atom is -0.379 e. The number of benzene rings is 1. The maximum absolute atomic E-state index is 6.25. The summed E-state index contributed by atoms with van der Waals surface area (Å²) in [6, 6.07) is 6.29. The summed E-state index contributed by atoms with van der Waals surface area (Å²) in [6.45, 7) is 4.18. The van der Waals surface area contributed by atoms with Crippen LogP contribution in [0, 0.1) is 3.57 Å². The van der Waals surface area contributed by atoms with Crippen molar-refractivity contribution in [2.75, 3.05) is 7.11 Å². The van der Waals surface area contributed by atoms with Crippen LogP contribution < -0.4 is 5.73 Å². The van der Waals surface area contributed by atoms with E-state index in [4.69, 9.17) is 10.5 Å². The Morgan fingerprint density at radius 1 is 1.47 bits per heavy atom. The summed E-state index contributed by atoms with van der Waals surface area (Å²) in [5.74, 6) is 0. The van der Waals surface area contributed by atoms with Crippen molar-refractivity contribution >= 4 is 38.5 Å². The highest BCUT2D eigenvalue weighted by atomic mass is 127. The molecule has 0 amide bonds. The first-order valence-corrected chi connectivity index (χ1v) is 7.48. The monoisotopic (exact) mass is 411 g/mol. The second kappa shape index (κ2) is 6.50. The summed E-state index contributed by atoms with van der Waals surface area (Å²) in [5.41, 5.74) is 7.34. The molecule has 0 radical (unpaired) electrons. The lowest BCUT2D eigenvalue weighted by molar-refractivity contribution is 0.0125. The fraction of sp³-hybridized carbons (Fsp3) is 0.538. The molecule has 17 heavy (non-hydrogen) atoms. The maximum atomic E-state index is 6.25. The van der Waals surface area contributed by atoms with Crippen LogP contribution >= 0.6 is 38.5 Å². The van der Waals surface area contributed by atoms with Crippen molar-refractivity contribution in [2.45, 2.75) is 38.3 Å². The molecule has 0 bridgehead atoms. The van der Waals surface area contributed by atoms with Crippen molar-refractivity contribution in [1.82, 2.24) is 0 Å². The fourth-order valence-electron chi connectivity index (χ4n) is 1.56. The van der Waals surface area contributed by atoms with Gasteiger partial charge in [0.15, 0.2) is 0 Å². The molecule has 0 aromatic heterocycles. The molecule has 1 rings (SSSR count). The third kappa shape index (κ3) is 4.85. The summed E-state index contributed by atoms with van der Waals surface area (Å²) < 4.78 is 7.71. The lowest BCUT2D eigenvalue weighted by Crippen LogP contribution is -2.25. The molecule has 1 unspecified atom stereocenters. The van der Waals surface area contributed by atoms with Crippen LogP contribution in [0.25, 0.3) is 0 Å². The van der Waals surface area contributed by atoms with Crippen LogP contribution in [0.15, 0.2) is 22.7 Å². The molecule has 0 saturated carbocycles. The molecule has 0 fully saturated rings. The first-order valence-electron chi connectivity index (χ1n) is 5.61. The smallest absolute Gasteiger partial charge is 0.0623 e. The second-order valence-corrected chi connectivity index (χ2v) is 6.85. The van der Waals surface area contributed by atoms with Crippen LogP contribution in [-0.2, 0) is 4.74 Å². The van der Waals surface area contributed by atoms with E-state index in [0.29, 0.717) is 0 Å². The fourth-order valence-corrected chi connectivity index (χ4v) is 2.67. The molecule has 4 heteroatoms. The van der Waals surface area contributed by atoms with Crippen molar-refractivity contribution < 1.29 is 4.74 Å². The average molecular weight is 412 g/mol. The van der Waals surface area contributed by atoms with Gasteiger partial charge in [-0.15, -0.1) is 0 Å². The molecule has 1 aromatic rings. The molecule has 1 aromatic carbocycles. The Labute approximate surface area is 126 Å². The van der Waals surface area contributed by atoms with Gasteiger partial charge in [-0.2, -0.15) is 0 Å². The van der Waals surface area contributed by atoms with Gasteiger partial charge in [0.2, 0.25) is 0 Å². The summed E-state index contributed by atoms with van der Waals surface area (Å²) in [6.07, 6.45) is 1.88. The molecule has 2 nitrogen and oxygen atoms in total. The van der Waals surface area contributed by atoms with Crippen molar-refractivity contribution in [3.63, 3.8) is 0 Å². The maximum Gasteiger partial charge on any atom is 0.0623 e. The van der Waals surface area contributed by atoms with Crippen LogP contribution in [0.4, 0.5) is 0 Å². The molecule has 2 N–H and O–H groups in total. The largest absolute Gasteiger partial charge is 0.379 e. The van der Waals surface area contributed by atoms with Crippen LogP contribution in [-0.4, -0.2) is 12.7 Å². The van der Waals surface area contributed by atoms with Crippen molar-refractivity contribution in [2.24, 2.45) is 5.73 Å². The second-order valence-electron chi connectivity index (χ2n) is 4.77. The van der Waals surface area contributed by atoms with Gasteiger partial charge in [-0.3, -0.25) is 0 Å². The SMILES string of the molecule is COC(C)(C)CCC(N)c1cc(Br)ccc1I. The van der Waals surface area contributed by atoms with Gasteiger partial charge in [0.25, 0.3) is 0 Å². The minimum atomic E-state index is -0.102. The lowest BCUT2D eigenvalue weighted by Gasteiger charge is -2.25. The molecule has 0 aliphatic heterocycles. The summed E-state index contributed by atoms with van der Waals surface area (Å²) in [5, 5.41) is 0. The third-order valence-electron chi connectivity index (χ3n) is 2.97. The third-order valence-corrected chi connectivity index (χ3v) is 4.44. The van der Waals surface area contributed by atoms with Crippen molar-refractivity contribution in [3.8, 4) is 0 Å².